The average Bonchev–Trinajstić information content (AvgIpc) is 3.40. The summed E-state index contributed by atoms with van der Waals surface area (Å²) in [5, 5.41) is 18.4. The minimum atomic E-state index is -0.779. The molecule has 3 N–H and O–H groups in total. The number of carbonyl (C=O) groups is 2. The Hall–Kier alpha value is -3.92. The molecule has 34 heavy (non-hydrogen) atoms. The number of nitrogens with one attached hydrogen (secondary N) is 2. The van der Waals surface area contributed by atoms with Crippen molar-refractivity contribution in [3.05, 3.63) is 54.4 Å². The molecule has 1 aliphatic heterocycles. The van der Waals surface area contributed by atoms with Crippen molar-refractivity contribution in [2.24, 2.45) is 0 Å². The van der Waals surface area contributed by atoms with Gasteiger partial charge in [-0.15, -0.1) is 0 Å². The molecule has 0 bridgehead atoms. The van der Waals surface area contributed by atoms with E-state index in [4.69, 9.17) is 14.6 Å². The van der Waals surface area contributed by atoms with Crippen molar-refractivity contribution < 1.29 is 24.2 Å². The van der Waals surface area contributed by atoms with Gasteiger partial charge in [-0.1, -0.05) is 6.07 Å². The molecule has 0 unspecified atom stereocenters. The van der Waals surface area contributed by atoms with Crippen LogP contribution in [0.5, 0.6) is 11.5 Å². The number of aliphatic carboxylic acids is 1. The number of nitrogens with zero attached hydrogens (tertiary/aromatic N) is 3. The molecular formula is C24H27N5O5. The normalized spacial score (nSPS) is 14.5. The number of hydrogen-bond donors (Lipinski definition) is 3. The number of carbonyl (C=O) groups excluding carboxylic acids is 1. The lowest BCUT2D eigenvalue weighted by atomic mass is 10.1. The maximum absolute atomic E-state index is 12.8. The van der Waals surface area contributed by atoms with Gasteiger partial charge in [-0.05, 0) is 43.2 Å². The van der Waals surface area contributed by atoms with E-state index in [0.717, 1.165) is 31.6 Å². The van der Waals surface area contributed by atoms with Crippen molar-refractivity contribution >= 4 is 17.6 Å². The van der Waals surface area contributed by atoms with Crippen LogP contribution in [0, 0.1) is 0 Å². The largest absolute Gasteiger partial charge is 0.494 e. The molecule has 1 aliphatic rings. The number of aromatic nitrogens is 3. The number of carboxylic acids is 1. The summed E-state index contributed by atoms with van der Waals surface area (Å²) in [7, 11) is 1.53. The van der Waals surface area contributed by atoms with Gasteiger partial charge in [-0.25, -0.2) is 4.98 Å². The number of piperidine rings is 1. The number of methoxy groups -OCH3 is 1. The van der Waals surface area contributed by atoms with E-state index in [-0.39, 0.29) is 24.1 Å². The third-order valence-corrected chi connectivity index (χ3v) is 5.66. The number of hydrogen-bond acceptors (Lipinski definition) is 7. The van der Waals surface area contributed by atoms with E-state index in [1.807, 2.05) is 0 Å². The Morgan fingerprint density at radius 1 is 1.21 bits per heavy atom. The predicted octanol–water partition coefficient (Wildman–Crippen LogP) is 3.05. The van der Waals surface area contributed by atoms with Gasteiger partial charge in [0.1, 0.15) is 23.3 Å². The SMILES string of the molecule is COc1cc(OC2CCN(CCC(=O)O)CC2)ccc1NC(=O)c1cccc(-c2ccn[nH]2)n1. The quantitative estimate of drug-likeness (QED) is 0.440. The molecule has 0 radical (unpaired) electrons. The van der Waals surface area contributed by atoms with Crippen LogP contribution in [0.1, 0.15) is 29.8 Å². The van der Waals surface area contributed by atoms with Crippen LogP contribution in [0.25, 0.3) is 11.4 Å². The van der Waals surface area contributed by atoms with Crippen LogP contribution in [-0.2, 0) is 4.79 Å². The van der Waals surface area contributed by atoms with Gasteiger partial charge in [0.15, 0.2) is 0 Å². The molecule has 178 valence electrons. The zero-order valence-corrected chi connectivity index (χ0v) is 18.9. The number of aromatic amines is 1. The molecule has 1 aromatic carbocycles. The zero-order valence-electron chi connectivity index (χ0n) is 18.9. The average molecular weight is 466 g/mol. The van der Waals surface area contributed by atoms with Gasteiger partial charge in [0.05, 0.1) is 30.6 Å². The summed E-state index contributed by atoms with van der Waals surface area (Å²) in [4.78, 5) is 30.1. The minimum Gasteiger partial charge on any atom is -0.494 e. The number of ether oxygens (including phenoxy) is 2. The highest BCUT2D eigenvalue weighted by Crippen LogP contribution is 2.31. The summed E-state index contributed by atoms with van der Waals surface area (Å²) in [6.07, 6.45) is 3.46. The third-order valence-electron chi connectivity index (χ3n) is 5.66. The lowest BCUT2D eigenvalue weighted by Crippen LogP contribution is -2.39. The number of rotatable bonds is 9. The Morgan fingerprint density at radius 3 is 2.74 bits per heavy atom. The van der Waals surface area contributed by atoms with Gasteiger partial charge in [-0.3, -0.25) is 14.7 Å². The smallest absolute Gasteiger partial charge is 0.304 e. The van der Waals surface area contributed by atoms with Gasteiger partial charge in [-0.2, -0.15) is 5.10 Å². The summed E-state index contributed by atoms with van der Waals surface area (Å²) in [6.45, 7) is 2.16. The molecule has 1 saturated heterocycles. The molecular weight excluding hydrogens is 438 g/mol. The Bertz CT molecular complexity index is 1130. The molecule has 0 spiro atoms. The second kappa shape index (κ2) is 10.8. The molecule has 10 nitrogen and oxygen atoms in total. The van der Waals surface area contributed by atoms with Crippen molar-refractivity contribution in [2.75, 3.05) is 32.1 Å². The van der Waals surface area contributed by atoms with Crippen molar-refractivity contribution in [3.63, 3.8) is 0 Å². The minimum absolute atomic E-state index is 0.0423. The van der Waals surface area contributed by atoms with Crippen LogP contribution in [0.15, 0.2) is 48.7 Å². The zero-order chi connectivity index (χ0) is 23.9. The summed E-state index contributed by atoms with van der Waals surface area (Å²) in [6, 6.07) is 12.3. The molecule has 4 rings (SSSR count). The molecule has 1 fully saturated rings. The van der Waals surface area contributed by atoms with Crippen molar-refractivity contribution in [3.8, 4) is 22.9 Å². The molecule has 0 atom stereocenters. The van der Waals surface area contributed by atoms with Crippen LogP contribution in [0.3, 0.4) is 0 Å². The summed E-state index contributed by atoms with van der Waals surface area (Å²) < 4.78 is 11.6. The fourth-order valence-corrected chi connectivity index (χ4v) is 3.84. The molecule has 0 saturated carbocycles. The summed E-state index contributed by atoms with van der Waals surface area (Å²) in [5.41, 5.74) is 2.12. The van der Waals surface area contributed by atoms with Crippen LogP contribution < -0.4 is 14.8 Å². The van der Waals surface area contributed by atoms with E-state index in [1.54, 1.807) is 48.7 Å². The second-order valence-electron chi connectivity index (χ2n) is 8.00. The molecule has 3 heterocycles. The fraction of sp³-hybridized carbons (Fsp3) is 0.333. The lowest BCUT2D eigenvalue weighted by molar-refractivity contribution is -0.137. The van der Waals surface area contributed by atoms with Gasteiger partial charge < -0.3 is 24.8 Å². The maximum Gasteiger partial charge on any atom is 0.304 e. The maximum atomic E-state index is 12.8. The van der Waals surface area contributed by atoms with E-state index in [0.29, 0.717) is 29.4 Å². The summed E-state index contributed by atoms with van der Waals surface area (Å²) in [5.74, 6) is -0.00585. The van der Waals surface area contributed by atoms with Crippen LogP contribution in [0.2, 0.25) is 0 Å². The van der Waals surface area contributed by atoms with E-state index in [9.17, 15) is 9.59 Å². The third kappa shape index (κ3) is 5.90. The highest BCUT2D eigenvalue weighted by molar-refractivity contribution is 6.04. The first-order valence-corrected chi connectivity index (χ1v) is 11.1. The number of amides is 1. The lowest BCUT2D eigenvalue weighted by Gasteiger charge is -2.31. The fourth-order valence-electron chi connectivity index (χ4n) is 3.84. The Balaban J connectivity index is 1.37. The number of pyridine rings is 1. The van der Waals surface area contributed by atoms with Crippen molar-refractivity contribution in [2.45, 2.75) is 25.4 Å². The van der Waals surface area contributed by atoms with Crippen molar-refractivity contribution in [1.29, 1.82) is 0 Å². The van der Waals surface area contributed by atoms with E-state index in [1.165, 1.54) is 7.11 Å². The second-order valence-corrected chi connectivity index (χ2v) is 8.00. The van der Waals surface area contributed by atoms with Crippen LogP contribution >= 0.6 is 0 Å². The predicted molar refractivity (Wildman–Crippen MR) is 125 cm³/mol. The number of carboxylic acid groups (broad SMARTS) is 1. The Kier molecular flexibility index (Phi) is 7.38. The first kappa shape index (κ1) is 23.2. The van der Waals surface area contributed by atoms with E-state index >= 15 is 0 Å². The molecule has 1 amide bonds. The molecule has 0 aliphatic carbocycles. The summed E-state index contributed by atoms with van der Waals surface area (Å²) >= 11 is 0. The Labute approximate surface area is 196 Å². The number of benzene rings is 1. The number of likely N-dealkylation sites (tertiary alicyclic amines) is 1. The Morgan fingerprint density at radius 2 is 2.03 bits per heavy atom. The molecule has 2 aromatic heterocycles. The monoisotopic (exact) mass is 465 g/mol. The molecule has 3 aromatic rings. The molecule has 10 heteroatoms. The van der Waals surface area contributed by atoms with Crippen LogP contribution in [-0.4, -0.2) is 69.9 Å². The van der Waals surface area contributed by atoms with Crippen LogP contribution in [0.4, 0.5) is 5.69 Å². The number of anilines is 1. The first-order valence-electron chi connectivity index (χ1n) is 11.1. The van der Waals surface area contributed by atoms with Gasteiger partial charge in [0.25, 0.3) is 5.91 Å². The van der Waals surface area contributed by atoms with Gasteiger partial charge in [0, 0.05) is 31.9 Å². The van der Waals surface area contributed by atoms with E-state index < -0.39 is 5.97 Å². The standard InChI is InChI=1S/C24H27N5O5/c1-33-22-15-17(34-16-8-12-29(13-9-16)14-10-23(30)31)5-6-20(22)27-24(32)21-4-2-3-18(26-21)19-7-11-25-28-19/h2-7,11,15-16H,8-10,12-14H2,1H3,(H,25,28)(H,27,32)(H,30,31). The number of H-pyrrole nitrogens is 1. The van der Waals surface area contributed by atoms with Crippen molar-refractivity contribution in [1.82, 2.24) is 20.1 Å². The first-order chi connectivity index (χ1) is 16.5. The topological polar surface area (TPSA) is 130 Å². The highest BCUT2D eigenvalue weighted by atomic mass is 16.5. The van der Waals surface area contributed by atoms with E-state index in [2.05, 4.69) is 25.4 Å². The van der Waals surface area contributed by atoms with Gasteiger partial charge >= 0.3 is 5.97 Å². The highest BCUT2D eigenvalue weighted by Gasteiger charge is 2.21. The van der Waals surface area contributed by atoms with Gasteiger partial charge in [0.2, 0.25) is 0 Å².